The lowest BCUT2D eigenvalue weighted by molar-refractivity contribution is -0.157. The van der Waals surface area contributed by atoms with Crippen molar-refractivity contribution in [1.82, 2.24) is 4.90 Å². The summed E-state index contributed by atoms with van der Waals surface area (Å²) in [6.07, 6.45) is 2.40. The molecule has 108 valence electrons. The molecule has 0 radical (unpaired) electrons. The molecule has 1 aliphatic heterocycles. The van der Waals surface area contributed by atoms with Crippen LogP contribution in [-0.4, -0.2) is 42.8 Å². The second kappa shape index (κ2) is 6.08. The van der Waals surface area contributed by atoms with Gasteiger partial charge in [0.25, 0.3) is 0 Å². The molecule has 0 spiro atoms. The van der Waals surface area contributed by atoms with E-state index < -0.39 is 5.41 Å². The van der Waals surface area contributed by atoms with Crippen LogP contribution >= 0.6 is 0 Å². The molecule has 19 heavy (non-hydrogen) atoms. The third-order valence-electron chi connectivity index (χ3n) is 3.11. The minimum absolute atomic E-state index is 0.0114. The second-order valence-electron chi connectivity index (χ2n) is 5.81. The number of methoxy groups -OCH3 is 1. The summed E-state index contributed by atoms with van der Waals surface area (Å²) < 4.78 is 10.2. The highest BCUT2D eigenvalue weighted by atomic mass is 16.6. The molecule has 0 aromatic rings. The normalized spacial score (nSPS) is 23.1. The van der Waals surface area contributed by atoms with E-state index in [1.807, 2.05) is 20.8 Å². The summed E-state index contributed by atoms with van der Waals surface area (Å²) in [5.74, 6) is -0.249. The number of likely N-dealkylation sites (tertiary alicyclic amines) is 1. The molecular weight excluding hydrogens is 246 g/mol. The number of hydrogen-bond acceptors (Lipinski definition) is 4. The average Bonchev–Trinajstić information content (AvgIpc) is 2.70. The molecule has 1 rings (SSSR count). The number of carbonyl (C=O) groups excluding carboxylic acids is 2. The summed E-state index contributed by atoms with van der Waals surface area (Å²) in [5.41, 5.74) is -0.535. The molecule has 0 saturated carbocycles. The molecule has 0 aliphatic carbocycles. The zero-order valence-corrected chi connectivity index (χ0v) is 12.1. The van der Waals surface area contributed by atoms with E-state index in [0.717, 1.165) is 0 Å². The van der Waals surface area contributed by atoms with Crippen LogP contribution in [0.5, 0.6) is 0 Å². The van der Waals surface area contributed by atoms with Crippen molar-refractivity contribution >= 4 is 12.1 Å². The van der Waals surface area contributed by atoms with Crippen molar-refractivity contribution in [2.45, 2.75) is 45.8 Å². The lowest BCUT2D eigenvalue weighted by Gasteiger charge is -2.21. The lowest BCUT2D eigenvalue weighted by Crippen LogP contribution is -2.36. The van der Waals surface area contributed by atoms with Gasteiger partial charge in [-0.05, 0) is 27.2 Å². The smallest absolute Gasteiger partial charge is 0.409 e. The first-order valence-electron chi connectivity index (χ1n) is 6.46. The number of hydrogen-bond donors (Lipinski definition) is 0. The first-order valence-corrected chi connectivity index (χ1v) is 6.46. The van der Waals surface area contributed by atoms with Crippen LogP contribution < -0.4 is 0 Å². The summed E-state index contributed by atoms with van der Waals surface area (Å²) in [6, 6.07) is -0.0114. The van der Waals surface area contributed by atoms with Gasteiger partial charge in [-0.15, -0.1) is 6.58 Å². The minimum atomic E-state index is -0.535. The van der Waals surface area contributed by atoms with E-state index in [0.29, 0.717) is 19.4 Å². The Balaban J connectivity index is 2.67. The highest BCUT2D eigenvalue weighted by molar-refractivity contribution is 5.75. The van der Waals surface area contributed by atoms with Crippen LogP contribution in [0.2, 0.25) is 0 Å². The fourth-order valence-corrected chi connectivity index (χ4v) is 2.04. The highest BCUT2D eigenvalue weighted by Gasteiger charge is 2.38. The van der Waals surface area contributed by atoms with E-state index in [9.17, 15) is 9.59 Å². The maximum absolute atomic E-state index is 11.9. The third kappa shape index (κ3) is 3.98. The van der Waals surface area contributed by atoms with Gasteiger partial charge < -0.3 is 14.4 Å². The Kier molecular flexibility index (Phi) is 4.97. The summed E-state index contributed by atoms with van der Waals surface area (Å²) in [6.45, 7) is 9.49. The first kappa shape index (κ1) is 15.5. The van der Waals surface area contributed by atoms with Crippen molar-refractivity contribution in [3.05, 3.63) is 12.7 Å². The van der Waals surface area contributed by atoms with Crippen molar-refractivity contribution in [2.24, 2.45) is 5.41 Å². The predicted octanol–water partition coefficient (Wildman–Crippen LogP) is 2.36. The maximum atomic E-state index is 11.9. The van der Waals surface area contributed by atoms with Gasteiger partial charge >= 0.3 is 12.1 Å². The standard InChI is InChI=1S/C14H23NO4/c1-6-7-10-8-11(9-15(10)13(17)18-5)19-12(16)14(2,3)4/h6,10-11H,1,7-9H2,2-5H3/t10-,11-/m1/s1. The monoisotopic (exact) mass is 269 g/mol. The van der Waals surface area contributed by atoms with Gasteiger partial charge in [0.15, 0.2) is 0 Å². The number of carbonyl (C=O) groups is 2. The van der Waals surface area contributed by atoms with Gasteiger partial charge in [-0.1, -0.05) is 6.08 Å². The Hall–Kier alpha value is -1.52. The molecule has 1 heterocycles. The van der Waals surface area contributed by atoms with E-state index >= 15 is 0 Å². The molecule has 1 aliphatic rings. The fraction of sp³-hybridized carbons (Fsp3) is 0.714. The average molecular weight is 269 g/mol. The van der Waals surface area contributed by atoms with Crippen molar-refractivity contribution in [1.29, 1.82) is 0 Å². The first-order chi connectivity index (χ1) is 8.79. The van der Waals surface area contributed by atoms with Gasteiger partial charge in [0, 0.05) is 12.5 Å². The maximum Gasteiger partial charge on any atom is 0.409 e. The van der Waals surface area contributed by atoms with Crippen LogP contribution in [0.1, 0.15) is 33.6 Å². The van der Waals surface area contributed by atoms with Crippen molar-refractivity contribution < 1.29 is 19.1 Å². The predicted molar refractivity (Wildman–Crippen MR) is 71.7 cm³/mol. The van der Waals surface area contributed by atoms with Gasteiger partial charge in [0.05, 0.1) is 19.1 Å². The molecule has 1 saturated heterocycles. The van der Waals surface area contributed by atoms with E-state index in [1.165, 1.54) is 7.11 Å². The third-order valence-corrected chi connectivity index (χ3v) is 3.11. The highest BCUT2D eigenvalue weighted by Crippen LogP contribution is 2.26. The minimum Gasteiger partial charge on any atom is -0.460 e. The van der Waals surface area contributed by atoms with Gasteiger partial charge in [-0.2, -0.15) is 0 Å². The Morgan fingerprint density at radius 2 is 2.05 bits per heavy atom. The Morgan fingerprint density at radius 3 is 2.53 bits per heavy atom. The van der Waals surface area contributed by atoms with Gasteiger partial charge in [0.1, 0.15) is 6.10 Å². The van der Waals surface area contributed by atoms with Crippen LogP contribution in [0.4, 0.5) is 4.79 Å². The molecule has 0 aromatic heterocycles. The van der Waals surface area contributed by atoms with Gasteiger partial charge in [-0.25, -0.2) is 4.79 Å². The molecule has 2 atom stereocenters. The molecule has 0 aromatic carbocycles. The van der Waals surface area contributed by atoms with Crippen molar-refractivity contribution in [3.63, 3.8) is 0 Å². The molecule has 0 bridgehead atoms. The quantitative estimate of drug-likeness (QED) is 0.583. The molecule has 0 unspecified atom stereocenters. The van der Waals surface area contributed by atoms with E-state index in [2.05, 4.69) is 6.58 Å². The summed E-state index contributed by atoms with van der Waals surface area (Å²) in [7, 11) is 1.35. The van der Waals surface area contributed by atoms with E-state index in [1.54, 1.807) is 11.0 Å². The zero-order chi connectivity index (χ0) is 14.6. The van der Waals surface area contributed by atoms with Crippen molar-refractivity contribution in [3.8, 4) is 0 Å². The number of ether oxygens (including phenoxy) is 2. The molecule has 5 nitrogen and oxygen atoms in total. The number of amides is 1. The lowest BCUT2D eigenvalue weighted by atomic mass is 9.97. The zero-order valence-electron chi connectivity index (χ0n) is 12.1. The van der Waals surface area contributed by atoms with Crippen LogP contribution in [-0.2, 0) is 14.3 Å². The van der Waals surface area contributed by atoms with Crippen LogP contribution in [0, 0.1) is 5.41 Å². The van der Waals surface area contributed by atoms with E-state index in [4.69, 9.17) is 9.47 Å². The van der Waals surface area contributed by atoms with Gasteiger partial charge in [-0.3, -0.25) is 4.79 Å². The van der Waals surface area contributed by atoms with Crippen LogP contribution in [0.15, 0.2) is 12.7 Å². The molecule has 1 fully saturated rings. The topological polar surface area (TPSA) is 55.8 Å². The second-order valence-corrected chi connectivity index (χ2v) is 5.81. The molecule has 5 heteroatoms. The summed E-state index contributed by atoms with van der Waals surface area (Å²) >= 11 is 0. The van der Waals surface area contributed by atoms with Gasteiger partial charge in [0.2, 0.25) is 0 Å². The molecule has 1 amide bonds. The number of rotatable bonds is 3. The number of nitrogens with zero attached hydrogens (tertiary/aromatic N) is 1. The van der Waals surface area contributed by atoms with Crippen LogP contribution in [0.25, 0.3) is 0 Å². The fourth-order valence-electron chi connectivity index (χ4n) is 2.04. The van der Waals surface area contributed by atoms with Crippen LogP contribution in [0.3, 0.4) is 0 Å². The van der Waals surface area contributed by atoms with E-state index in [-0.39, 0.29) is 24.2 Å². The Bertz CT molecular complexity index is 359. The molecular formula is C14H23NO4. The summed E-state index contributed by atoms with van der Waals surface area (Å²) in [5, 5.41) is 0. The Labute approximate surface area is 114 Å². The molecule has 0 N–H and O–H groups in total. The Morgan fingerprint density at radius 1 is 1.42 bits per heavy atom. The number of esters is 1. The van der Waals surface area contributed by atoms with Crippen molar-refractivity contribution in [2.75, 3.05) is 13.7 Å². The summed E-state index contributed by atoms with van der Waals surface area (Å²) in [4.78, 5) is 25.1. The largest absolute Gasteiger partial charge is 0.460 e. The SMILES string of the molecule is C=CC[C@@H]1C[C@@H](OC(=O)C(C)(C)C)CN1C(=O)OC.